The van der Waals surface area contributed by atoms with Crippen molar-refractivity contribution in [1.82, 2.24) is 0 Å². The van der Waals surface area contributed by atoms with Crippen LogP contribution in [0.1, 0.15) is 32.3 Å². The fourth-order valence-electron chi connectivity index (χ4n) is 3.30. The Morgan fingerprint density at radius 1 is 0.947 bits per heavy atom. The molecule has 0 fully saturated rings. The second-order valence-electron chi connectivity index (χ2n) is 8.01. The molecule has 0 radical (unpaired) electrons. The van der Waals surface area contributed by atoms with Gasteiger partial charge < -0.3 is 14.2 Å². The highest BCUT2D eigenvalue weighted by molar-refractivity contribution is 7.92. The van der Waals surface area contributed by atoms with Gasteiger partial charge in [0, 0.05) is 17.7 Å². The maximum absolute atomic E-state index is 12.9. The zero-order chi connectivity index (χ0) is 27.5. The standard InChI is InChI=1S/C26H30N4O7S/c1-4-14-36-20-11-10-19(26(16-20)37-15-5-2)18-27-28-22-13-12-21(17-24(22)30(31)32)38(33,34)29-23-8-6-7-9-25(23)35-3/h6-13,16-18,28-29H,4-5,14-15H2,1-3H3/b27-18+. The zero-order valence-corrected chi connectivity index (χ0v) is 22.2. The Kier molecular flexibility index (Phi) is 9.88. The third kappa shape index (κ3) is 7.35. The quantitative estimate of drug-likeness (QED) is 0.156. The number of nitrogens with one attached hydrogen (secondary N) is 2. The minimum Gasteiger partial charge on any atom is -0.495 e. The molecule has 0 saturated heterocycles. The van der Waals surface area contributed by atoms with Gasteiger partial charge in [0.2, 0.25) is 0 Å². The largest absolute Gasteiger partial charge is 0.495 e. The average molecular weight is 543 g/mol. The first kappa shape index (κ1) is 28.3. The van der Waals surface area contributed by atoms with Crippen LogP contribution in [-0.2, 0) is 10.0 Å². The van der Waals surface area contributed by atoms with Crippen LogP contribution in [0, 0.1) is 10.1 Å². The number of ether oxygens (including phenoxy) is 3. The summed E-state index contributed by atoms with van der Waals surface area (Å²) in [6.45, 7) is 5.07. The lowest BCUT2D eigenvalue weighted by atomic mass is 10.2. The summed E-state index contributed by atoms with van der Waals surface area (Å²) in [5, 5.41) is 15.8. The van der Waals surface area contributed by atoms with E-state index in [-0.39, 0.29) is 16.3 Å². The van der Waals surface area contributed by atoms with Crippen molar-refractivity contribution in [2.45, 2.75) is 31.6 Å². The van der Waals surface area contributed by atoms with Gasteiger partial charge in [0.1, 0.15) is 22.9 Å². The van der Waals surface area contributed by atoms with Gasteiger partial charge in [-0.1, -0.05) is 26.0 Å². The summed E-state index contributed by atoms with van der Waals surface area (Å²) in [5.41, 5.74) is 3.02. The predicted octanol–water partition coefficient (Wildman–Crippen LogP) is 5.43. The molecule has 0 aromatic heterocycles. The number of sulfonamides is 1. The third-order valence-corrected chi connectivity index (χ3v) is 6.50. The summed E-state index contributed by atoms with van der Waals surface area (Å²) in [6.07, 6.45) is 3.14. The van der Waals surface area contributed by atoms with Crippen LogP contribution in [0.2, 0.25) is 0 Å². The van der Waals surface area contributed by atoms with E-state index in [1.807, 2.05) is 13.8 Å². The molecule has 2 N–H and O–H groups in total. The van der Waals surface area contributed by atoms with Crippen LogP contribution in [0.4, 0.5) is 17.1 Å². The summed E-state index contributed by atoms with van der Waals surface area (Å²) in [6, 6.07) is 15.3. The van der Waals surface area contributed by atoms with Crippen LogP contribution < -0.4 is 24.4 Å². The number of methoxy groups -OCH3 is 1. The molecule has 0 amide bonds. The van der Waals surface area contributed by atoms with E-state index in [4.69, 9.17) is 14.2 Å². The topological polar surface area (TPSA) is 141 Å². The van der Waals surface area contributed by atoms with Gasteiger partial charge in [-0.2, -0.15) is 5.10 Å². The van der Waals surface area contributed by atoms with E-state index in [1.165, 1.54) is 31.5 Å². The van der Waals surface area contributed by atoms with E-state index < -0.39 is 20.6 Å². The van der Waals surface area contributed by atoms with Gasteiger partial charge in [-0.05, 0) is 49.2 Å². The zero-order valence-electron chi connectivity index (χ0n) is 21.3. The van der Waals surface area contributed by atoms with Gasteiger partial charge in [-0.3, -0.25) is 20.3 Å². The summed E-state index contributed by atoms with van der Waals surface area (Å²) in [4.78, 5) is 10.8. The molecule has 38 heavy (non-hydrogen) atoms. The Hall–Kier alpha value is -4.32. The minimum atomic E-state index is -4.14. The number of nitrogens with zero attached hydrogens (tertiary/aromatic N) is 2. The monoisotopic (exact) mass is 542 g/mol. The molecule has 0 heterocycles. The second kappa shape index (κ2) is 13.3. The lowest BCUT2D eigenvalue weighted by Gasteiger charge is -2.12. The van der Waals surface area contributed by atoms with Crippen LogP contribution in [0.25, 0.3) is 0 Å². The molecule has 3 aromatic carbocycles. The molecule has 0 saturated carbocycles. The van der Waals surface area contributed by atoms with E-state index in [0.717, 1.165) is 18.9 Å². The van der Waals surface area contributed by atoms with Crippen molar-refractivity contribution < 1.29 is 27.6 Å². The number of nitro benzene ring substituents is 1. The van der Waals surface area contributed by atoms with Crippen molar-refractivity contribution in [2.75, 3.05) is 30.5 Å². The molecule has 0 unspecified atom stereocenters. The van der Waals surface area contributed by atoms with Gasteiger partial charge in [0.15, 0.2) is 0 Å². The van der Waals surface area contributed by atoms with Gasteiger partial charge in [-0.25, -0.2) is 8.42 Å². The molecular weight excluding hydrogens is 512 g/mol. The maximum Gasteiger partial charge on any atom is 0.295 e. The van der Waals surface area contributed by atoms with E-state index in [0.29, 0.717) is 36.0 Å². The van der Waals surface area contributed by atoms with Gasteiger partial charge >= 0.3 is 0 Å². The highest BCUT2D eigenvalue weighted by Crippen LogP contribution is 2.31. The van der Waals surface area contributed by atoms with Crippen LogP contribution in [0.15, 0.2) is 70.7 Å². The van der Waals surface area contributed by atoms with Crippen LogP contribution in [-0.4, -0.2) is 39.9 Å². The lowest BCUT2D eigenvalue weighted by molar-refractivity contribution is -0.384. The van der Waals surface area contributed by atoms with Gasteiger partial charge in [0.25, 0.3) is 15.7 Å². The number of anilines is 2. The number of benzene rings is 3. The smallest absolute Gasteiger partial charge is 0.295 e. The number of para-hydroxylation sites is 2. The number of hydrazone groups is 1. The van der Waals surface area contributed by atoms with Crippen molar-refractivity contribution in [3.63, 3.8) is 0 Å². The van der Waals surface area contributed by atoms with Gasteiger partial charge in [-0.15, -0.1) is 0 Å². The summed E-state index contributed by atoms with van der Waals surface area (Å²) in [7, 11) is -2.73. The Bertz CT molecular complexity index is 1390. The van der Waals surface area contributed by atoms with Crippen molar-refractivity contribution in [3.05, 3.63) is 76.3 Å². The Morgan fingerprint density at radius 3 is 2.39 bits per heavy atom. The molecular formula is C26H30N4O7S. The molecule has 0 bridgehead atoms. The molecule has 0 aliphatic rings. The molecule has 0 aliphatic carbocycles. The van der Waals surface area contributed by atoms with E-state index >= 15 is 0 Å². The van der Waals surface area contributed by atoms with Crippen LogP contribution in [0.5, 0.6) is 17.2 Å². The summed E-state index contributed by atoms with van der Waals surface area (Å²) < 4.78 is 44.8. The Morgan fingerprint density at radius 2 is 1.68 bits per heavy atom. The minimum absolute atomic E-state index is 0.0152. The van der Waals surface area contributed by atoms with E-state index in [2.05, 4.69) is 15.2 Å². The summed E-state index contributed by atoms with van der Waals surface area (Å²) >= 11 is 0. The summed E-state index contributed by atoms with van der Waals surface area (Å²) in [5.74, 6) is 1.53. The number of nitro groups is 1. The molecule has 12 heteroatoms. The SMILES string of the molecule is CCCOc1ccc(/C=N/Nc2ccc(S(=O)(=O)Nc3ccccc3OC)cc2[N+](=O)[O-])c(OCCC)c1. The average Bonchev–Trinajstić information content (AvgIpc) is 2.91. The number of rotatable bonds is 14. The maximum atomic E-state index is 12.9. The third-order valence-electron chi connectivity index (χ3n) is 5.14. The molecule has 0 aliphatic heterocycles. The van der Waals surface area contributed by atoms with Crippen LogP contribution >= 0.6 is 0 Å². The molecule has 3 rings (SSSR count). The Balaban J connectivity index is 1.83. The second-order valence-corrected chi connectivity index (χ2v) is 9.69. The lowest BCUT2D eigenvalue weighted by Crippen LogP contribution is -2.14. The van der Waals surface area contributed by atoms with E-state index in [9.17, 15) is 18.5 Å². The number of hydrogen-bond acceptors (Lipinski definition) is 9. The first-order chi connectivity index (χ1) is 18.3. The first-order valence-electron chi connectivity index (χ1n) is 11.9. The Labute approximate surface area is 221 Å². The highest BCUT2D eigenvalue weighted by atomic mass is 32.2. The van der Waals surface area contributed by atoms with Crippen molar-refractivity contribution in [1.29, 1.82) is 0 Å². The molecule has 0 atom stereocenters. The molecule has 11 nitrogen and oxygen atoms in total. The fourth-order valence-corrected chi connectivity index (χ4v) is 4.39. The predicted molar refractivity (Wildman–Crippen MR) is 146 cm³/mol. The molecule has 0 spiro atoms. The van der Waals surface area contributed by atoms with Crippen molar-refractivity contribution >= 4 is 33.3 Å². The van der Waals surface area contributed by atoms with Crippen molar-refractivity contribution in [3.8, 4) is 17.2 Å². The molecule has 3 aromatic rings. The number of hydrogen-bond donors (Lipinski definition) is 2. The van der Waals surface area contributed by atoms with Crippen molar-refractivity contribution in [2.24, 2.45) is 5.10 Å². The fraction of sp³-hybridized carbons (Fsp3) is 0.269. The highest BCUT2D eigenvalue weighted by Gasteiger charge is 2.22. The normalized spacial score (nSPS) is 11.2. The first-order valence-corrected chi connectivity index (χ1v) is 13.4. The van der Waals surface area contributed by atoms with Crippen LogP contribution in [0.3, 0.4) is 0 Å². The van der Waals surface area contributed by atoms with Gasteiger partial charge in [0.05, 0.1) is 42.0 Å². The molecule has 202 valence electrons. The van der Waals surface area contributed by atoms with E-state index in [1.54, 1.807) is 36.4 Å².